The molecule has 0 saturated carbocycles. The molecule has 6 nitrogen and oxygen atoms in total. The Kier molecular flexibility index (Phi) is 4.82. The van der Waals surface area contributed by atoms with E-state index in [0.29, 0.717) is 22.8 Å². The summed E-state index contributed by atoms with van der Waals surface area (Å²) in [5, 5.41) is 7.35. The fraction of sp³-hybridized carbons (Fsp3) is 0.167. The monoisotopic (exact) mass is 429 g/mol. The topological polar surface area (TPSA) is 69.9 Å². The van der Waals surface area contributed by atoms with Gasteiger partial charge in [-0.05, 0) is 39.9 Å². The number of anilines is 1. The van der Waals surface area contributed by atoms with Crippen molar-refractivity contribution in [3.63, 3.8) is 0 Å². The van der Waals surface area contributed by atoms with Gasteiger partial charge < -0.3 is 0 Å². The second kappa shape index (κ2) is 7.67. The molecule has 1 atom stereocenters. The van der Waals surface area contributed by atoms with Crippen molar-refractivity contribution in [2.24, 2.45) is 0 Å². The van der Waals surface area contributed by atoms with Crippen molar-refractivity contribution in [1.82, 2.24) is 10.1 Å². The van der Waals surface area contributed by atoms with Crippen molar-refractivity contribution >= 4 is 34.1 Å². The molecule has 0 bridgehead atoms. The van der Waals surface area contributed by atoms with Crippen LogP contribution in [0.15, 0.2) is 76.7 Å². The summed E-state index contributed by atoms with van der Waals surface area (Å²) >= 11 is 1.36. The Morgan fingerprint density at radius 1 is 1.10 bits per heavy atom. The third-order valence-electron chi connectivity index (χ3n) is 5.62. The molecule has 154 valence electrons. The summed E-state index contributed by atoms with van der Waals surface area (Å²) in [6.45, 7) is 1.85. The summed E-state index contributed by atoms with van der Waals surface area (Å²) < 4.78 is 1.71. The zero-order valence-electron chi connectivity index (χ0n) is 17.2. The molecule has 0 saturated heterocycles. The zero-order chi connectivity index (χ0) is 21.5. The molecule has 1 N–H and O–H groups in total. The Bertz CT molecular complexity index is 1380. The van der Waals surface area contributed by atoms with Gasteiger partial charge in [-0.3, -0.25) is 14.6 Å². The first kappa shape index (κ1) is 19.5. The van der Waals surface area contributed by atoms with Crippen molar-refractivity contribution in [3.8, 4) is 11.3 Å². The average Bonchev–Trinajstić information content (AvgIpc) is 2.82. The van der Waals surface area contributed by atoms with Gasteiger partial charge in [0.15, 0.2) is 0 Å². The number of carbonyl (C=O) groups excluding carboxylic acids is 1. The van der Waals surface area contributed by atoms with E-state index in [4.69, 9.17) is 5.10 Å². The molecule has 4 aromatic rings. The summed E-state index contributed by atoms with van der Waals surface area (Å²) in [5.41, 5.74) is 2.57. The third kappa shape index (κ3) is 3.04. The quantitative estimate of drug-likeness (QED) is 0.396. The summed E-state index contributed by atoms with van der Waals surface area (Å²) in [6.07, 6.45) is 1.63. The van der Waals surface area contributed by atoms with Crippen LogP contribution < -0.4 is 15.1 Å². The highest BCUT2D eigenvalue weighted by molar-refractivity contribution is 7.98. The number of aromatic nitrogens is 3. The van der Waals surface area contributed by atoms with Gasteiger partial charge in [0.2, 0.25) is 11.1 Å². The summed E-state index contributed by atoms with van der Waals surface area (Å²) in [6, 6.07) is 21.6. The summed E-state index contributed by atoms with van der Waals surface area (Å²) in [4.78, 5) is 31.1. The van der Waals surface area contributed by atoms with E-state index >= 15 is 0 Å². The van der Waals surface area contributed by atoms with Crippen LogP contribution in [0.1, 0.15) is 25.1 Å². The first-order chi connectivity index (χ1) is 15.1. The number of nitrogens with zero attached hydrogens (tertiary/aromatic N) is 3. The van der Waals surface area contributed by atoms with Crippen molar-refractivity contribution in [3.05, 3.63) is 82.6 Å². The van der Waals surface area contributed by atoms with E-state index in [1.807, 2.05) is 79.9 Å². The maximum absolute atomic E-state index is 13.3. The molecule has 0 fully saturated rings. The normalized spacial score (nSPS) is 14.9. The smallest absolute Gasteiger partial charge is 0.291 e. The number of amides is 1. The van der Waals surface area contributed by atoms with Crippen LogP contribution >= 0.6 is 11.8 Å². The van der Waals surface area contributed by atoms with E-state index in [1.54, 1.807) is 9.58 Å². The Labute approximate surface area is 183 Å². The summed E-state index contributed by atoms with van der Waals surface area (Å²) in [5.74, 6) is -0.0312. The highest BCUT2D eigenvalue weighted by atomic mass is 32.2. The third-order valence-corrected chi connectivity index (χ3v) is 6.19. The number of fused-ring (bicyclic) bond motifs is 4. The second-order valence-electron chi connectivity index (χ2n) is 7.33. The van der Waals surface area contributed by atoms with E-state index < -0.39 is 6.17 Å². The molecule has 0 radical (unpaired) electrons. The summed E-state index contributed by atoms with van der Waals surface area (Å²) in [7, 11) is 0. The van der Waals surface area contributed by atoms with Gasteiger partial charge in [0, 0.05) is 11.5 Å². The second-order valence-corrected chi connectivity index (χ2v) is 8.13. The van der Waals surface area contributed by atoms with Crippen LogP contribution in [-0.4, -0.2) is 22.2 Å². The number of carbonyl (C=O) groups is 1. The number of benzene rings is 3. The maximum Gasteiger partial charge on any atom is 0.325 e. The molecule has 1 aliphatic heterocycles. The number of hydrogen-bond acceptors (Lipinski definition) is 4. The van der Waals surface area contributed by atoms with Crippen molar-refractivity contribution in [2.75, 3.05) is 11.2 Å². The lowest BCUT2D eigenvalue weighted by molar-refractivity contribution is -0.762. The van der Waals surface area contributed by atoms with Crippen molar-refractivity contribution in [2.45, 2.75) is 24.7 Å². The van der Waals surface area contributed by atoms with Crippen molar-refractivity contribution in [1.29, 1.82) is 0 Å². The molecule has 1 amide bonds. The molecular weight excluding hydrogens is 408 g/mol. The molecule has 1 aromatic heterocycles. The number of para-hydroxylation sites is 1. The van der Waals surface area contributed by atoms with Gasteiger partial charge >= 0.3 is 11.3 Å². The molecule has 0 aliphatic carbocycles. The van der Waals surface area contributed by atoms with Crippen LogP contribution in [0.25, 0.3) is 22.0 Å². The fourth-order valence-corrected chi connectivity index (χ4v) is 4.62. The lowest BCUT2D eigenvalue weighted by Gasteiger charge is -2.32. The zero-order valence-corrected chi connectivity index (χ0v) is 18.0. The predicted octanol–water partition coefficient (Wildman–Crippen LogP) is 3.90. The SMILES string of the molecule is CCC(=O)N1c2ccccc2-c2c(=O)[nH]c(SC)n[n+]2[C@H]1c1cccc2ccccc12. The number of rotatable bonds is 3. The van der Waals surface area contributed by atoms with Gasteiger partial charge in [-0.15, -0.1) is 0 Å². The standard InChI is InChI=1S/C24H20N4O2S/c1-3-20(29)27-19-14-7-6-12-18(19)21-22(30)25-24(31-2)26-28(21)23(27)17-13-8-10-15-9-4-5-11-16(15)17/h4-14,23H,3H2,1-2H3/p+1/t23-/m0/s1. The van der Waals surface area contributed by atoms with Gasteiger partial charge in [0.1, 0.15) is 0 Å². The molecule has 5 rings (SSSR count). The van der Waals surface area contributed by atoms with E-state index in [9.17, 15) is 9.59 Å². The largest absolute Gasteiger partial charge is 0.325 e. The Hall–Kier alpha value is -3.45. The van der Waals surface area contributed by atoms with Crippen LogP contribution in [0.3, 0.4) is 0 Å². The molecule has 1 aliphatic rings. The minimum atomic E-state index is -0.573. The first-order valence-electron chi connectivity index (χ1n) is 10.1. The average molecular weight is 430 g/mol. The minimum Gasteiger partial charge on any atom is -0.291 e. The Morgan fingerprint density at radius 2 is 1.84 bits per heavy atom. The number of thioether (sulfide) groups is 1. The molecule has 7 heteroatoms. The molecule has 3 aromatic carbocycles. The van der Waals surface area contributed by atoms with Crippen molar-refractivity contribution < 1.29 is 9.48 Å². The van der Waals surface area contributed by atoms with E-state index in [-0.39, 0.29) is 11.5 Å². The predicted molar refractivity (Wildman–Crippen MR) is 122 cm³/mol. The molecular formula is C24H21N4O2S+. The van der Waals surface area contributed by atoms with Crippen LogP contribution in [-0.2, 0) is 4.79 Å². The molecule has 2 heterocycles. The van der Waals surface area contributed by atoms with Crippen LogP contribution in [0, 0.1) is 0 Å². The lowest BCUT2D eigenvalue weighted by Crippen LogP contribution is -2.60. The molecule has 0 spiro atoms. The van der Waals surface area contributed by atoms with E-state index in [0.717, 1.165) is 22.0 Å². The van der Waals surface area contributed by atoms with Gasteiger partial charge in [0.25, 0.3) is 6.17 Å². The Balaban J connectivity index is 1.91. The van der Waals surface area contributed by atoms with Crippen LogP contribution in [0.2, 0.25) is 0 Å². The highest BCUT2D eigenvalue weighted by Crippen LogP contribution is 2.39. The Morgan fingerprint density at radius 3 is 2.65 bits per heavy atom. The van der Waals surface area contributed by atoms with Gasteiger partial charge in [0.05, 0.1) is 16.8 Å². The van der Waals surface area contributed by atoms with Crippen LogP contribution in [0.4, 0.5) is 5.69 Å². The van der Waals surface area contributed by atoms with E-state index in [2.05, 4.69) is 4.98 Å². The number of hydrogen-bond donors (Lipinski definition) is 1. The molecule has 31 heavy (non-hydrogen) atoms. The number of H-pyrrole nitrogens is 1. The van der Waals surface area contributed by atoms with Gasteiger partial charge in [-0.1, -0.05) is 67.2 Å². The van der Waals surface area contributed by atoms with E-state index in [1.165, 1.54) is 11.8 Å². The van der Waals surface area contributed by atoms with Gasteiger partial charge in [-0.25, -0.2) is 4.90 Å². The highest BCUT2D eigenvalue weighted by Gasteiger charge is 2.45. The number of nitrogens with one attached hydrogen (secondary N) is 1. The van der Waals surface area contributed by atoms with Gasteiger partial charge in [-0.2, -0.15) is 0 Å². The maximum atomic E-state index is 13.3. The first-order valence-corrected chi connectivity index (χ1v) is 11.4. The minimum absolute atomic E-state index is 0.0312. The molecule has 0 unspecified atom stereocenters. The fourth-order valence-electron chi connectivity index (χ4n) is 4.26. The van der Waals surface area contributed by atoms with Crippen LogP contribution in [0.5, 0.6) is 0 Å². The lowest BCUT2D eigenvalue weighted by atomic mass is 9.97. The number of aromatic amines is 1.